The van der Waals surface area contributed by atoms with Crippen LogP contribution in [0.5, 0.6) is 5.75 Å². The van der Waals surface area contributed by atoms with Gasteiger partial charge in [0.25, 0.3) is 0 Å². The molecule has 2 amide bonds. The monoisotopic (exact) mass is 436 g/mol. The lowest BCUT2D eigenvalue weighted by Crippen LogP contribution is -2.52. The number of carbonyl (C=O) groups is 2. The summed E-state index contributed by atoms with van der Waals surface area (Å²) in [6.45, 7) is 1.39. The van der Waals surface area contributed by atoms with Gasteiger partial charge in [-0.1, -0.05) is 48.5 Å². The van der Waals surface area contributed by atoms with E-state index >= 15 is 0 Å². The molecule has 2 aliphatic rings. The van der Waals surface area contributed by atoms with E-state index in [1.807, 2.05) is 60.7 Å². The third-order valence-corrected chi connectivity index (χ3v) is 6.52. The maximum absolute atomic E-state index is 13.4. The van der Waals surface area contributed by atoms with E-state index in [0.29, 0.717) is 38.1 Å². The fourth-order valence-corrected chi connectivity index (χ4v) is 4.83. The van der Waals surface area contributed by atoms with Crippen molar-refractivity contribution in [3.63, 3.8) is 0 Å². The second-order valence-corrected chi connectivity index (χ2v) is 8.66. The fourth-order valence-electron chi connectivity index (χ4n) is 4.83. The summed E-state index contributed by atoms with van der Waals surface area (Å²) in [7, 11) is 0. The second-order valence-electron chi connectivity index (χ2n) is 8.66. The predicted molar refractivity (Wildman–Crippen MR) is 122 cm³/mol. The van der Waals surface area contributed by atoms with E-state index in [-0.39, 0.29) is 24.5 Å². The Balaban J connectivity index is 1.34. The van der Waals surface area contributed by atoms with Crippen molar-refractivity contribution >= 4 is 11.8 Å². The first-order valence-electron chi connectivity index (χ1n) is 11.6. The molecule has 2 saturated heterocycles. The number of hydrogen-bond acceptors (Lipinski definition) is 4. The van der Waals surface area contributed by atoms with Crippen LogP contribution in [0.25, 0.3) is 0 Å². The highest BCUT2D eigenvalue weighted by molar-refractivity contribution is 5.88. The largest absolute Gasteiger partial charge is 0.491 e. The molecule has 2 aliphatic heterocycles. The number of rotatable bonds is 8. The van der Waals surface area contributed by atoms with Crippen molar-refractivity contribution < 1.29 is 19.4 Å². The molecule has 0 aromatic heterocycles. The minimum atomic E-state index is -0.759. The summed E-state index contributed by atoms with van der Waals surface area (Å²) in [5.41, 5.74) is 1.13. The van der Waals surface area contributed by atoms with Crippen molar-refractivity contribution in [1.29, 1.82) is 0 Å². The number of carbonyl (C=O) groups excluding carboxylic acids is 2. The lowest BCUT2D eigenvalue weighted by atomic mass is 10.1. The number of para-hydroxylation sites is 1. The zero-order chi connectivity index (χ0) is 22.3. The normalized spacial score (nSPS) is 21.5. The van der Waals surface area contributed by atoms with E-state index in [0.717, 1.165) is 24.8 Å². The molecule has 0 radical (unpaired) electrons. The highest BCUT2D eigenvalue weighted by Crippen LogP contribution is 2.27. The third-order valence-electron chi connectivity index (χ3n) is 6.52. The molecule has 6 heteroatoms. The Hall–Kier alpha value is -2.86. The van der Waals surface area contributed by atoms with Crippen LogP contribution in [0.3, 0.4) is 0 Å². The average Bonchev–Trinajstić information content (AvgIpc) is 3.52. The van der Waals surface area contributed by atoms with Gasteiger partial charge in [-0.3, -0.25) is 9.59 Å². The van der Waals surface area contributed by atoms with Gasteiger partial charge in [-0.15, -0.1) is 0 Å². The molecule has 32 heavy (non-hydrogen) atoms. The lowest BCUT2D eigenvalue weighted by molar-refractivity contribution is -0.146. The van der Waals surface area contributed by atoms with Crippen molar-refractivity contribution in [2.75, 3.05) is 19.7 Å². The number of aliphatic hydroxyl groups excluding tert-OH is 1. The molecule has 0 spiro atoms. The number of ether oxygens (including phenoxy) is 1. The Morgan fingerprint density at radius 1 is 0.938 bits per heavy atom. The van der Waals surface area contributed by atoms with E-state index < -0.39 is 12.1 Å². The number of amides is 2. The SMILES string of the molecule is O=C(CCc1ccccc1)N1CCC[C@H]1C(=O)N1CCC[C@H]1C(O)COc1ccccc1. The number of hydrogen-bond donors (Lipinski definition) is 1. The van der Waals surface area contributed by atoms with Gasteiger partial charge in [-0.05, 0) is 49.8 Å². The molecular formula is C26H32N2O4. The number of aliphatic hydroxyl groups is 1. The Morgan fingerprint density at radius 2 is 1.59 bits per heavy atom. The van der Waals surface area contributed by atoms with Crippen molar-refractivity contribution in [1.82, 2.24) is 9.80 Å². The van der Waals surface area contributed by atoms with Gasteiger partial charge in [-0.25, -0.2) is 0 Å². The van der Waals surface area contributed by atoms with Gasteiger partial charge in [0.1, 0.15) is 24.5 Å². The van der Waals surface area contributed by atoms with Crippen LogP contribution in [0.15, 0.2) is 60.7 Å². The van der Waals surface area contributed by atoms with Gasteiger partial charge in [0.05, 0.1) is 6.04 Å². The molecule has 4 rings (SSSR count). The second kappa shape index (κ2) is 10.6. The Bertz CT molecular complexity index is 889. The standard InChI is InChI=1S/C26H32N2O4/c29-24(19-32-21-11-5-2-6-12-21)22-13-7-18-28(22)26(31)23-14-8-17-27(23)25(30)16-15-20-9-3-1-4-10-20/h1-6,9-12,22-24,29H,7-8,13-19H2/t22-,23-,24?/m0/s1. The van der Waals surface area contributed by atoms with E-state index in [4.69, 9.17) is 4.74 Å². The van der Waals surface area contributed by atoms with Crippen LogP contribution >= 0.6 is 0 Å². The van der Waals surface area contributed by atoms with Crippen LogP contribution in [0.2, 0.25) is 0 Å². The quantitative estimate of drug-likeness (QED) is 0.691. The van der Waals surface area contributed by atoms with Crippen LogP contribution in [-0.2, 0) is 16.0 Å². The summed E-state index contributed by atoms with van der Waals surface area (Å²) in [5.74, 6) is 0.707. The number of likely N-dealkylation sites (tertiary alicyclic amines) is 2. The first-order chi connectivity index (χ1) is 15.6. The van der Waals surface area contributed by atoms with Crippen LogP contribution < -0.4 is 4.74 Å². The summed E-state index contributed by atoms with van der Waals surface area (Å²) < 4.78 is 5.71. The summed E-state index contributed by atoms with van der Waals surface area (Å²) in [6, 6.07) is 18.7. The maximum atomic E-state index is 13.4. The Labute approximate surface area is 189 Å². The topological polar surface area (TPSA) is 70.1 Å². The van der Waals surface area contributed by atoms with Crippen LogP contribution in [0, 0.1) is 0 Å². The molecule has 0 aliphatic carbocycles. The van der Waals surface area contributed by atoms with E-state index in [2.05, 4.69) is 0 Å². The summed E-state index contributed by atoms with van der Waals surface area (Å²) in [5, 5.41) is 10.8. The summed E-state index contributed by atoms with van der Waals surface area (Å²) in [4.78, 5) is 29.9. The van der Waals surface area contributed by atoms with Gasteiger partial charge < -0.3 is 19.6 Å². The zero-order valence-electron chi connectivity index (χ0n) is 18.4. The molecule has 2 fully saturated rings. The van der Waals surface area contributed by atoms with Gasteiger partial charge in [0.15, 0.2) is 0 Å². The molecule has 0 saturated carbocycles. The zero-order valence-corrected chi connectivity index (χ0v) is 18.4. The summed E-state index contributed by atoms with van der Waals surface area (Å²) in [6.07, 6.45) is 3.46. The number of nitrogens with zero attached hydrogens (tertiary/aromatic N) is 2. The minimum absolute atomic E-state index is 0.0307. The Kier molecular flexibility index (Phi) is 7.43. The highest BCUT2D eigenvalue weighted by Gasteiger charge is 2.41. The molecule has 6 nitrogen and oxygen atoms in total. The molecule has 1 N–H and O–H groups in total. The lowest BCUT2D eigenvalue weighted by Gasteiger charge is -2.33. The molecule has 0 bridgehead atoms. The highest BCUT2D eigenvalue weighted by atomic mass is 16.5. The molecule has 1 unspecified atom stereocenters. The van der Waals surface area contributed by atoms with E-state index in [1.54, 1.807) is 9.80 Å². The predicted octanol–water partition coefficient (Wildman–Crippen LogP) is 3.04. The number of aryl methyl sites for hydroxylation is 1. The molecule has 2 aromatic carbocycles. The minimum Gasteiger partial charge on any atom is -0.491 e. The Morgan fingerprint density at radius 3 is 2.34 bits per heavy atom. The van der Waals surface area contributed by atoms with Gasteiger partial charge in [0, 0.05) is 19.5 Å². The van der Waals surface area contributed by atoms with Crippen LogP contribution in [0.1, 0.15) is 37.7 Å². The molecule has 3 atom stereocenters. The maximum Gasteiger partial charge on any atom is 0.245 e. The van der Waals surface area contributed by atoms with Crippen molar-refractivity contribution in [2.45, 2.75) is 56.7 Å². The smallest absolute Gasteiger partial charge is 0.245 e. The molecule has 2 heterocycles. The van der Waals surface area contributed by atoms with Crippen molar-refractivity contribution in [3.8, 4) is 5.75 Å². The molecule has 170 valence electrons. The third kappa shape index (κ3) is 5.30. The van der Waals surface area contributed by atoms with E-state index in [1.165, 1.54) is 0 Å². The first kappa shape index (κ1) is 22.3. The van der Waals surface area contributed by atoms with Crippen molar-refractivity contribution in [3.05, 3.63) is 66.2 Å². The molecule has 2 aromatic rings. The summed E-state index contributed by atoms with van der Waals surface area (Å²) >= 11 is 0. The first-order valence-corrected chi connectivity index (χ1v) is 11.6. The van der Waals surface area contributed by atoms with Gasteiger partial charge in [-0.2, -0.15) is 0 Å². The van der Waals surface area contributed by atoms with Gasteiger partial charge in [0.2, 0.25) is 11.8 Å². The molecular weight excluding hydrogens is 404 g/mol. The van der Waals surface area contributed by atoms with Crippen LogP contribution in [0.4, 0.5) is 0 Å². The fraction of sp³-hybridized carbons (Fsp3) is 0.462. The average molecular weight is 437 g/mol. The van der Waals surface area contributed by atoms with E-state index in [9.17, 15) is 14.7 Å². The number of benzene rings is 2. The van der Waals surface area contributed by atoms with Crippen LogP contribution in [-0.4, -0.2) is 64.6 Å². The van der Waals surface area contributed by atoms with Crippen molar-refractivity contribution in [2.24, 2.45) is 0 Å². The van der Waals surface area contributed by atoms with Gasteiger partial charge >= 0.3 is 0 Å².